The van der Waals surface area contributed by atoms with Crippen molar-refractivity contribution in [3.05, 3.63) is 54.5 Å². The van der Waals surface area contributed by atoms with Crippen molar-refractivity contribution < 1.29 is 8.42 Å². The first kappa shape index (κ1) is 19.1. The average molecular weight is 422 g/mol. The fourth-order valence-corrected chi connectivity index (χ4v) is 5.15. The molecule has 0 atom stereocenters. The van der Waals surface area contributed by atoms with Gasteiger partial charge in [-0.25, -0.2) is 23.5 Å². The van der Waals surface area contributed by atoms with Gasteiger partial charge in [-0.05, 0) is 61.1 Å². The summed E-state index contributed by atoms with van der Waals surface area (Å²) in [5.41, 5.74) is 9.51. The van der Waals surface area contributed by atoms with Gasteiger partial charge in [-0.15, -0.1) is 0 Å². The van der Waals surface area contributed by atoms with E-state index in [-0.39, 0.29) is 10.8 Å². The molecule has 2 aromatic heterocycles. The van der Waals surface area contributed by atoms with Gasteiger partial charge in [0, 0.05) is 35.3 Å². The van der Waals surface area contributed by atoms with E-state index < -0.39 is 10.0 Å². The highest BCUT2D eigenvalue weighted by Crippen LogP contribution is 2.56. The number of nitrogen functional groups attached to an aromatic ring is 1. The first-order chi connectivity index (χ1) is 14.4. The highest BCUT2D eigenvalue weighted by atomic mass is 32.2. The molecule has 0 aliphatic heterocycles. The Morgan fingerprint density at radius 3 is 2.03 bits per heavy atom. The molecule has 0 unspecified atom stereocenters. The van der Waals surface area contributed by atoms with E-state index in [0.29, 0.717) is 29.0 Å². The van der Waals surface area contributed by atoms with Crippen LogP contribution in [0.15, 0.2) is 53.8 Å². The number of anilines is 1. The predicted octanol–water partition coefficient (Wildman–Crippen LogP) is 3.34. The molecule has 8 heteroatoms. The summed E-state index contributed by atoms with van der Waals surface area (Å²) in [6.07, 6.45) is 9.75. The average Bonchev–Trinajstić information content (AvgIpc) is 3.64. The van der Waals surface area contributed by atoms with E-state index in [9.17, 15) is 8.42 Å². The summed E-state index contributed by atoms with van der Waals surface area (Å²) >= 11 is 0. The molecule has 154 valence electrons. The van der Waals surface area contributed by atoms with Crippen molar-refractivity contribution in [1.29, 1.82) is 0 Å². The van der Waals surface area contributed by atoms with Crippen molar-refractivity contribution >= 4 is 16.0 Å². The molecule has 0 radical (unpaired) electrons. The lowest BCUT2D eigenvalue weighted by Crippen LogP contribution is -2.16. The van der Waals surface area contributed by atoms with Gasteiger partial charge in [-0.2, -0.15) is 0 Å². The molecule has 3 aromatic rings. The van der Waals surface area contributed by atoms with Crippen LogP contribution < -0.4 is 10.9 Å². The Hall–Kier alpha value is -2.84. The number of rotatable bonds is 6. The molecule has 2 aliphatic rings. The van der Waals surface area contributed by atoms with Gasteiger partial charge in [0.25, 0.3) is 0 Å². The van der Waals surface area contributed by atoms with Gasteiger partial charge in [-0.1, -0.05) is 18.2 Å². The van der Waals surface area contributed by atoms with Crippen LogP contribution in [0.3, 0.4) is 0 Å². The number of nitrogens with two attached hydrogens (primary N) is 2. The summed E-state index contributed by atoms with van der Waals surface area (Å²) in [5, 5.41) is 5.61. The number of pyridine rings is 1. The standard InChI is InChI=1S/C22H23N5O2S/c23-22-26-11-16(12-27-22)18-9-8-15(10-25-18)21-17(2-1-3-19(21)30(24,28)29)20(13-4-5-13)14-6-7-14/h1-3,8-14,20H,4-7H2,(H2,23,26,27)(H2,24,28,29). The molecular weight excluding hydrogens is 398 g/mol. The first-order valence-electron chi connectivity index (χ1n) is 10.1. The summed E-state index contributed by atoms with van der Waals surface area (Å²) in [6.45, 7) is 0. The summed E-state index contributed by atoms with van der Waals surface area (Å²) in [4.78, 5) is 12.7. The summed E-state index contributed by atoms with van der Waals surface area (Å²) in [5.74, 6) is 1.84. The third-order valence-corrected chi connectivity index (χ3v) is 6.96. The zero-order valence-corrected chi connectivity index (χ0v) is 17.2. The van der Waals surface area contributed by atoms with Crippen molar-refractivity contribution in [3.63, 3.8) is 0 Å². The second-order valence-electron chi connectivity index (χ2n) is 8.23. The van der Waals surface area contributed by atoms with Gasteiger partial charge < -0.3 is 5.73 Å². The summed E-state index contributed by atoms with van der Waals surface area (Å²) in [7, 11) is -3.88. The van der Waals surface area contributed by atoms with Gasteiger partial charge in [0.2, 0.25) is 16.0 Å². The second kappa shape index (κ2) is 7.14. The van der Waals surface area contributed by atoms with Crippen molar-refractivity contribution in [3.8, 4) is 22.4 Å². The molecule has 5 rings (SSSR count). The summed E-state index contributed by atoms with van der Waals surface area (Å²) < 4.78 is 24.8. The van der Waals surface area contributed by atoms with Gasteiger partial charge in [0.1, 0.15) is 0 Å². The lowest BCUT2D eigenvalue weighted by molar-refractivity contribution is 0.537. The minimum atomic E-state index is -3.88. The predicted molar refractivity (Wildman–Crippen MR) is 115 cm³/mol. The third-order valence-electron chi connectivity index (χ3n) is 6.00. The zero-order chi connectivity index (χ0) is 20.9. The molecule has 0 amide bonds. The van der Waals surface area contributed by atoms with Gasteiger partial charge >= 0.3 is 0 Å². The van der Waals surface area contributed by atoms with Crippen molar-refractivity contribution in [1.82, 2.24) is 15.0 Å². The van der Waals surface area contributed by atoms with Crippen LogP contribution in [-0.2, 0) is 10.0 Å². The molecule has 2 saturated carbocycles. The molecule has 7 nitrogen and oxygen atoms in total. The minimum absolute atomic E-state index is 0.164. The molecule has 4 N–H and O–H groups in total. The number of nitrogens with zero attached hydrogens (tertiary/aromatic N) is 3. The van der Waals surface area contributed by atoms with Crippen molar-refractivity contribution in [2.24, 2.45) is 17.0 Å². The minimum Gasteiger partial charge on any atom is -0.368 e. The normalized spacial score (nSPS) is 16.7. The molecule has 2 heterocycles. The van der Waals surface area contributed by atoms with E-state index in [0.717, 1.165) is 16.7 Å². The van der Waals surface area contributed by atoms with Crippen molar-refractivity contribution in [2.45, 2.75) is 36.5 Å². The molecule has 30 heavy (non-hydrogen) atoms. The first-order valence-corrected chi connectivity index (χ1v) is 11.7. The van der Waals surface area contributed by atoms with Gasteiger partial charge in [0.05, 0.1) is 10.6 Å². The van der Waals surface area contributed by atoms with Crippen LogP contribution in [-0.4, -0.2) is 23.4 Å². The number of hydrogen-bond donors (Lipinski definition) is 2. The Bertz CT molecular complexity index is 1170. The lowest BCUT2D eigenvalue weighted by atomic mass is 9.84. The Morgan fingerprint density at radius 2 is 1.50 bits per heavy atom. The van der Waals surface area contributed by atoms with Gasteiger partial charge in [-0.3, -0.25) is 4.98 Å². The van der Waals surface area contributed by atoms with E-state index in [1.54, 1.807) is 24.7 Å². The molecule has 0 bridgehead atoms. The van der Waals surface area contributed by atoms with E-state index in [2.05, 4.69) is 21.0 Å². The van der Waals surface area contributed by atoms with Crippen LogP contribution >= 0.6 is 0 Å². The van der Waals surface area contributed by atoms with E-state index in [4.69, 9.17) is 10.9 Å². The summed E-state index contributed by atoms with van der Waals surface area (Å²) in [6, 6.07) is 9.20. The van der Waals surface area contributed by atoms with Crippen molar-refractivity contribution in [2.75, 3.05) is 5.73 Å². The molecule has 2 fully saturated rings. The molecular formula is C22H23N5O2S. The smallest absolute Gasteiger partial charge is 0.238 e. The maximum atomic E-state index is 12.4. The van der Waals surface area contributed by atoms with Crippen LogP contribution in [0.1, 0.15) is 37.2 Å². The van der Waals surface area contributed by atoms with Crippen LogP contribution in [0.25, 0.3) is 22.4 Å². The van der Waals surface area contributed by atoms with E-state index >= 15 is 0 Å². The Balaban J connectivity index is 1.62. The third kappa shape index (κ3) is 3.68. The number of aromatic nitrogens is 3. The molecule has 1 aromatic carbocycles. The van der Waals surface area contributed by atoms with E-state index in [1.807, 2.05) is 18.2 Å². The zero-order valence-electron chi connectivity index (χ0n) is 16.4. The quantitative estimate of drug-likeness (QED) is 0.629. The number of sulfonamides is 1. The largest absolute Gasteiger partial charge is 0.368 e. The lowest BCUT2D eigenvalue weighted by Gasteiger charge is -2.22. The van der Waals surface area contributed by atoms with E-state index in [1.165, 1.54) is 25.7 Å². The van der Waals surface area contributed by atoms with Crippen LogP contribution in [0.4, 0.5) is 5.95 Å². The maximum Gasteiger partial charge on any atom is 0.238 e. The second-order valence-corrected chi connectivity index (χ2v) is 9.76. The topological polar surface area (TPSA) is 125 Å². The SMILES string of the molecule is Nc1ncc(-c2ccc(-c3c(C(C4CC4)C4CC4)cccc3S(N)(=O)=O)cn2)cn1. The highest BCUT2D eigenvalue weighted by molar-refractivity contribution is 7.89. The molecule has 0 saturated heterocycles. The van der Waals surface area contributed by atoms with Crippen LogP contribution in [0.2, 0.25) is 0 Å². The number of hydrogen-bond acceptors (Lipinski definition) is 6. The fourth-order valence-electron chi connectivity index (χ4n) is 4.36. The number of primary sulfonamides is 1. The highest BCUT2D eigenvalue weighted by Gasteiger charge is 2.43. The monoisotopic (exact) mass is 421 g/mol. The van der Waals surface area contributed by atoms with Crippen LogP contribution in [0, 0.1) is 11.8 Å². The Kier molecular flexibility index (Phi) is 4.56. The molecule has 0 spiro atoms. The Labute approximate surface area is 175 Å². The van der Waals surface area contributed by atoms with Gasteiger partial charge in [0.15, 0.2) is 0 Å². The Morgan fingerprint density at radius 1 is 0.867 bits per heavy atom. The van der Waals surface area contributed by atoms with Crippen LogP contribution in [0.5, 0.6) is 0 Å². The fraction of sp³-hybridized carbons (Fsp3) is 0.318. The number of benzene rings is 1. The molecule has 2 aliphatic carbocycles. The maximum absolute atomic E-state index is 12.4.